The van der Waals surface area contributed by atoms with Gasteiger partial charge in [-0.2, -0.15) is 16.7 Å². The van der Waals surface area contributed by atoms with E-state index in [-0.39, 0.29) is 6.10 Å². The van der Waals surface area contributed by atoms with E-state index in [4.69, 9.17) is 9.26 Å². The summed E-state index contributed by atoms with van der Waals surface area (Å²) in [6, 6.07) is 0. The number of nitrogens with zero attached hydrogens (tertiary/aromatic N) is 2. The second-order valence-corrected chi connectivity index (χ2v) is 3.78. The van der Waals surface area contributed by atoms with Crippen LogP contribution in [-0.4, -0.2) is 28.3 Å². The van der Waals surface area contributed by atoms with E-state index in [1.165, 1.54) is 6.08 Å². The van der Waals surface area contributed by atoms with Crippen molar-refractivity contribution in [1.82, 2.24) is 10.1 Å². The van der Waals surface area contributed by atoms with Gasteiger partial charge in [0.15, 0.2) is 0 Å². The molecule has 2 rings (SSSR count). The van der Waals surface area contributed by atoms with E-state index in [0.717, 1.165) is 18.1 Å². The van der Waals surface area contributed by atoms with Crippen LogP contribution in [-0.2, 0) is 4.74 Å². The molecule has 1 aromatic rings. The van der Waals surface area contributed by atoms with Gasteiger partial charge in [0.25, 0.3) is 0 Å². The molecule has 0 aliphatic carbocycles. The molecule has 70 valence electrons. The van der Waals surface area contributed by atoms with Gasteiger partial charge >= 0.3 is 0 Å². The third kappa shape index (κ3) is 1.92. The highest BCUT2D eigenvalue weighted by Crippen LogP contribution is 2.24. The van der Waals surface area contributed by atoms with Crippen LogP contribution >= 0.6 is 11.8 Å². The van der Waals surface area contributed by atoms with Crippen molar-refractivity contribution in [2.24, 2.45) is 0 Å². The van der Waals surface area contributed by atoms with E-state index in [0.29, 0.717) is 11.7 Å². The fourth-order valence-corrected chi connectivity index (χ4v) is 1.94. The molecular formula is C8H10N2O2S. The summed E-state index contributed by atoms with van der Waals surface area (Å²) >= 11 is 1.84. The van der Waals surface area contributed by atoms with Crippen LogP contribution in [0.15, 0.2) is 11.1 Å². The lowest BCUT2D eigenvalue weighted by molar-refractivity contribution is 0.0677. The zero-order valence-electron chi connectivity index (χ0n) is 7.10. The molecular weight excluding hydrogens is 188 g/mol. The van der Waals surface area contributed by atoms with Crippen molar-refractivity contribution >= 4 is 17.8 Å². The van der Waals surface area contributed by atoms with Gasteiger partial charge in [-0.05, 0) is 6.08 Å². The predicted molar refractivity (Wildman–Crippen MR) is 50.4 cm³/mol. The van der Waals surface area contributed by atoms with Gasteiger partial charge in [0, 0.05) is 11.5 Å². The topological polar surface area (TPSA) is 48.2 Å². The molecule has 0 bridgehead atoms. The van der Waals surface area contributed by atoms with Gasteiger partial charge in [-0.3, -0.25) is 0 Å². The van der Waals surface area contributed by atoms with E-state index >= 15 is 0 Å². The fraction of sp³-hybridized carbons (Fsp3) is 0.500. The molecule has 5 heteroatoms. The second-order valence-electron chi connectivity index (χ2n) is 2.63. The average Bonchev–Trinajstić information content (AvgIpc) is 2.67. The molecule has 1 aromatic heterocycles. The molecule has 1 atom stereocenters. The maximum Gasteiger partial charge on any atom is 0.250 e. The number of aromatic nitrogens is 2. The Morgan fingerprint density at radius 2 is 2.54 bits per heavy atom. The summed E-state index contributed by atoms with van der Waals surface area (Å²) in [7, 11) is 0. The van der Waals surface area contributed by atoms with Crippen molar-refractivity contribution in [3.8, 4) is 0 Å². The Morgan fingerprint density at radius 1 is 1.62 bits per heavy atom. The van der Waals surface area contributed by atoms with Gasteiger partial charge in [0.1, 0.15) is 6.10 Å². The van der Waals surface area contributed by atoms with Crippen LogP contribution in [0.1, 0.15) is 17.8 Å². The minimum atomic E-state index is -0.0174. The van der Waals surface area contributed by atoms with Crippen molar-refractivity contribution in [3.63, 3.8) is 0 Å². The first kappa shape index (κ1) is 8.77. The highest BCUT2D eigenvalue weighted by molar-refractivity contribution is 7.99. The third-order valence-corrected chi connectivity index (χ3v) is 2.73. The Kier molecular flexibility index (Phi) is 2.65. The van der Waals surface area contributed by atoms with Gasteiger partial charge in [0.2, 0.25) is 11.7 Å². The van der Waals surface area contributed by atoms with Gasteiger partial charge in [-0.25, -0.2) is 0 Å². The van der Waals surface area contributed by atoms with E-state index in [2.05, 4.69) is 16.7 Å². The molecule has 0 N–H and O–H groups in total. The molecule has 1 fully saturated rings. The molecule has 1 saturated heterocycles. The minimum Gasteiger partial charge on any atom is -0.368 e. The summed E-state index contributed by atoms with van der Waals surface area (Å²) in [6.07, 6.45) is 1.52. The first-order valence-corrected chi connectivity index (χ1v) is 5.21. The van der Waals surface area contributed by atoms with Crippen molar-refractivity contribution in [2.75, 3.05) is 18.1 Å². The van der Waals surface area contributed by atoms with E-state index in [1.54, 1.807) is 0 Å². The Bertz CT molecular complexity index is 294. The van der Waals surface area contributed by atoms with Gasteiger partial charge in [-0.1, -0.05) is 11.7 Å². The summed E-state index contributed by atoms with van der Waals surface area (Å²) in [6.45, 7) is 4.30. The van der Waals surface area contributed by atoms with E-state index in [1.807, 2.05) is 11.8 Å². The number of ether oxygens (including phenoxy) is 1. The first-order chi connectivity index (χ1) is 6.40. The standard InChI is InChI=1S/C8H10N2O2S/c1-2-7-9-8(10-12-7)6-5-13-4-3-11-6/h2,6H,1,3-5H2. The fourth-order valence-electron chi connectivity index (χ4n) is 1.10. The maximum absolute atomic E-state index is 5.48. The molecule has 0 spiro atoms. The minimum absolute atomic E-state index is 0.0174. The van der Waals surface area contributed by atoms with E-state index < -0.39 is 0 Å². The largest absolute Gasteiger partial charge is 0.368 e. The third-order valence-electron chi connectivity index (χ3n) is 1.74. The normalized spacial score (nSPS) is 22.9. The molecule has 1 unspecified atom stereocenters. The quantitative estimate of drug-likeness (QED) is 0.721. The van der Waals surface area contributed by atoms with Gasteiger partial charge in [-0.15, -0.1) is 0 Å². The molecule has 13 heavy (non-hydrogen) atoms. The number of thioether (sulfide) groups is 1. The Morgan fingerprint density at radius 3 is 3.15 bits per heavy atom. The summed E-state index contributed by atoms with van der Waals surface area (Å²) < 4.78 is 10.4. The Labute approximate surface area is 80.3 Å². The SMILES string of the molecule is C=Cc1nc(C2CSCCO2)no1. The highest BCUT2D eigenvalue weighted by atomic mass is 32.2. The summed E-state index contributed by atoms with van der Waals surface area (Å²) in [4.78, 5) is 4.12. The number of hydrogen-bond donors (Lipinski definition) is 0. The van der Waals surface area contributed by atoms with Crippen LogP contribution in [0.25, 0.3) is 6.08 Å². The monoisotopic (exact) mass is 198 g/mol. The van der Waals surface area contributed by atoms with Crippen LogP contribution in [0.3, 0.4) is 0 Å². The van der Waals surface area contributed by atoms with Crippen LogP contribution in [0.2, 0.25) is 0 Å². The zero-order chi connectivity index (χ0) is 9.10. The molecule has 0 amide bonds. The van der Waals surface area contributed by atoms with Crippen LogP contribution in [0.4, 0.5) is 0 Å². The van der Waals surface area contributed by atoms with Crippen LogP contribution in [0.5, 0.6) is 0 Å². The van der Waals surface area contributed by atoms with Crippen molar-refractivity contribution < 1.29 is 9.26 Å². The lowest BCUT2D eigenvalue weighted by Crippen LogP contribution is -2.16. The molecule has 2 heterocycles. The van der Waals surface area contributed by atoms with E-state index in [9.17, 15) is 0 Å². The van der Waals surface area contributed by atoms with Gasteiger partial charge in [0.05, 0.1) is 6.61 Å². The molecule has 0 radical (unpaired) electrons. The molecule has 1 aliphatic rings. The average molecular weight is 198 g/mol. The predicted octanol–water partition coefficient (Wildman–Crippen LogP) is 1.52. The van der Waals surface area contributed by atoms with Crippen molar-refractivity contribution in [2.45, 2.75) is 6.10 Å². The lowest BCUT2D eigenvalue weighted by atomic mass is 10.4. The summed E-state index contributed by atoms with van der Waals surface area (Å²) in [5, 5.41) is 3.82. The second kappa shape index (κ2) is 3.93. The number of rotatable bonds is 2. The van der Waals surface area contributed by atoms with Crippen LogP contribution < -0.4 is 0 Å². The zero-order valence-corrected chi connectivity index (χ0v) is 7.92. The highest BCUT2D eigenvalue weighted by Gasteiger charge is 2.21. The first-order valence-electron chi connectivity index (χ1n) is 4.05. The molecule has 0 saturated carbocycles. The van der Waals surface area contributed by atoms with Crippen molar-refractivity contribution in [3.05, 3.63) is 18.3 Å². The van der Waals surface area contributed by atoms with Gasteiger partial charge < -0.3 is 9.26 Å². The van der Waals surface area contributed by atoms with Crippen LogP contribution in [0, 0.1) is 0 Å². The summed E-state index contributed by atoms with van der Waals surface area (Å²) in [5.74, 6) is 3.02. The maximum atomic E-state index is 5.48. The number of hydrogen-bond acceptors (Lipinski definition) is 5. The van der Waals surface area contributed by atoms with Crippen molar-refractivity contribution in [1.29, 1.82) is 0 Å². The Balaban J connectivity index is 2.09. The molecule has 1 aliphatic heterocycles. The molecule has 4 nitrogen and oxygen atoms in total. The summed E-state index contributed by atoms with van der Waals surface area (Å²) in [5.41, 5.74) is 0. The smallest absolute Gasteiger partial charge is 0.250 e. The Hall–Kier alpha value is -0.810. The molecule has 0 aromatic carbocycles. The lowest BCUT2D eigenvalue weighted by Gasteiger charge is -2.18.